The smallest absolute Gasteiger partial charge is 0.0607 e. The molecule has 0 nitrogen and oxygen atoms in total. The minimum Gasteiger partial charge on any atom is -0.0622 e. The average molecular weight is 272 g/mol. The maximum Gasteiger partial charge on any atom is 0.0607 e. The van der Waals surface area contributed by atoms with E-state index in [1.807, 2.05) is 0 Å². The zero-order valence-electron chi connectivity index (χ0n) is 9.19. The van der Waals surface area contributed by atoms with E-state index in [4.69, 9.17) is 0 Å². The first-order chi connectivity index (χ1) is 8.45. The summed E-state index contributed by atoms with van der Waals surface area (Å²) in [4.78, 5) is 0. The maximum atomic E-state index is 2.25. The minimum absolute atomic E-state index is 0.585. The highest BCUT2D eigenvalue weighted by molar-refractivity contribution is 8.26. The van der Waals surface area contributed by atoms with Gasteiger partial charge in [0.05, 0.1) is 5.66 Å². The number of hydrogen-bond donors (Lipinski definition) is 0. The molecule has 1 unspecified atom stereocenters. The first-order valence-corrected chi connectivity index (χ1v) is 9.69. The van der Waals surface area contributed by atoms with Gasteiger partial charge in [0.25, 0.3) is 0 Å². The Kier molecular flexibility index (Phi) is 3.49. The molecule has 0 amide bonds. The molecule has 17 heavy (non-hydrogen) atoms. The average Bonchev–Trinajstić information content (AvgIpc) is 2.90. The lowest BCUT2D eigenvalue weighted by Gasteiger charge is -2.12. The van der Waals surface area contributed by atoms with Crippen LogP contribution in [0.4, 0.5) is 0 Å². The van der Waals surface area contributed by atoms with E-state index in [-0.39, 0.29) is 0 Å². The van der Waals surface area contributed by atoms with Crippen LogP contribution in [0.1, 0.15) is 16.8 Å². The van der Waals surface area contributed by atoms with Crippen LogP contribution < -0.4 is 0 Å². The summed E-state index contributed by atoms with van der Waals surface area (Å²) in [5.41, 5.74) is 3.44. The van der Waals surface area contributed by atoms with Crippen molar-refractivity contribution in [1.29, 1.82) is 0 Å². The molecule has 2 aromatic carbocycles. The van der Waals surface area contributed by atoms with Crippen LogP contribution in [0.5, 0.6) is 0 Å². The van der Waals surface area contributed by atoms with E-state index in [2.05, 4.69) is 60.7 Å². The normalized spacial score (nSPS) is 20.9. The highest BCUT2D eigenvalue weighted by Crippen LogP contribution is 2.52. The zero-order valence-corrected chi connectivity index (χ0v) is 11.9. The lowest BCUT2D eigenvalue weighted by atomic mass is 10.0. The summed E-state index contributed by atoms with van der Waals surface area (Å²) in [6.45, 7) is 0. The first kappa shape index (κ1) is 11.3. The third kappa shape index (κ3) is 2.41. The molecule has 82 valence electrons. The van der Waals surface area contributed by atoms with Crippen molar-refractivity contribution in [2.24, 2.45) is 0 Å². The van der Waals surface area contributed by atoms with Crippen molar-refractivity contribution in [2.45, 2.75) is 5.66 Å². The van der Waals surface area contributed by atoms with Gasteiger partial charge in [0.2, 0.25) is 0 Å². The summed E-state index contributed by atoms with van der Waals surface area (Å²) in [6, 6.07) is 21.7. The second kappa shape index (κ2) is 5.24. The highest BCUT2D eigenvalue weighted by atomic mass is 32.2. The molecule has 0 saturated heterocycles. The quantitative estimate of drug-likeness (QED) is 0.621. The molecule has 0 fully saturated rings. The van der Waals surface area contributed by atoms with Crippen molar-refractivity contribution in [2.75, 3.05) is 0 Å². The van der Waals surface area contributed by atoms with Crippen LogP contribution >= 0.6 is 23.3 Å². The fraction of sp³-hybridized carbons (Fsp3) is 0.0714. The van der Waals surface area contributed by atoms with Crippen LogP contribution in [0.15, 0.2) is 60.7 Å². The van der Waals surface area contributed by atoms with Gasteiger partial charge in [-0.25, -0.2) is 0 Å². The molecule has 2 aromatic rings. The van der Waals surface area contributed by atoms with E-state index in [1.54, 1.807) is 5.29 Å². The van der Waals surface area contributed by atoms with Crippen molar-refractivity contribution in [3.05, 3.63) is 71.8 Å². The fourth-order valence-corrected chi connectivity index (χ4v) is 8.61. The van der Waals surface area contributed by atoms with Crippen LogP contribution in [0, 0.1) is 0 Å². The highest BCUT2D eigenvalue weighted by Gasteiger charge is 2.19. The molecule has 1 aliphatic heterocycles. The van der Waals surface area contributed by atoms with Crippen LogP contribution in [0.25, 0.3) is 0 Å². The van der Waals surface area contributed by atoms with Gasteiger partial charge in [-0.15, -0.1) is 0 Å². The van der Waals surface area contributed by atoms with Crippen molar-refractivity contribution in [3.8, 4) is 0 Å². The van der Waals surface area contributed by atoms with E-state index in [9.17, 15) is 0 Å². The molecule has 0 aliphatic carbocycles. The summed E-state index contributed by atoms with van der Waals surface area (Å²) in [6.07, 6.45) is 0. The predicted molar refractivity (Wildman–Crippen MR) is 80.5 cm³/mol. The monoisotopic (exact) mass is 272 g/mol. The molecular weight excluding hydrogens is 261 g/mol. The van der Waals surface area contributed by atoms with Gasteiger partial charge in [-0.2, -0.15) is 0 Å². The van der Waals surface area contributed by atoms with E-state index in [1.165, 1.54) is 34.4 Å². The Bertz CT molecular complexity index is 559. The molecule has 1 heterocycles. The molecule has 0 bridgehead atoms. The van der Waals surface area contributed by atoms with Crippen LogP contribution in [0.2, 0.25) is 0 Å². The molecular formula is C14H11P3. The van der Waals surface area contributed by atoms with Gasteiger partial charge in [0, 0.05) is 5.29 Å². The Morgan fingerprint density at radius 3 is 2.12 bits per heavy atom. The van der Waals surface area contributed by atoms with E-state index >= 15 is 0 Å². The topological polar surface area (TPSA) is 0 Å². The zero-order chi connectivity index (χ0) is 11.5. The summed E-state index contributed by atoms with van der Waals surface area (Å²) >= 11 is 0. The van der Waals surface area contributed by atoms with Crippen LogP contribution in [-0.4, -0.2) is 5.29 Å². The first-order valence-electron chi connectivity index (χ1n) is 5.53. The van der Waals surface area contributed by atoms with Gasteiger partial charge in [-0.1, -0.05) is 68.5 Å². The molecule has 0 aromatic heterocycles. The van der Waals surface area contributed by atoms with E-state index in [0.717, 1.165) is 0 Å². The molecule has 1 aliphatic rings. The molecule has 1 atom stereocenters. The largest absolute Gasteiger partial charge is 0.0622 e. The molecule has 0 spiro atoms. The maximum absolute atomic E-state index is 2.25. The molecule has 3 rings (SSSR count). The summed E-state index contributed by atoms with van der Waals surface area (Å²) in [7, 11) is 4.49. The Labute approximate surface area is 106 Å². The van der Waals surface area contributed by atoms with Crippen molar-refractivity contribution in [1.82, 2.24) is 0 Å². The summed E-state index contributed by atoms with van der Waals surface area (Å²) in [5, 5.41) is 1.57. The van der Waals surface area contributed by atoms with Crippen molar-refractivity contribution in [3.63, 3.8) is 0 Å². The Hall–Kier alpha value is -0.790. The Balaban J connectivity index is 1.98. The van der Waals surface area contributed by atoms with Crippen molar-refractivity contribution < 1.29 is 0 Å². The number of rotatable bonds is 2. The van der Waals surface area contributed by atoms with Gasteiger partial charge in [0.15, 0.2) is 0 Å². The number of hydrogen-bond acceptors (Lipinski definition) is 0. The summed E-state index contributed by atoms with van der Waals surface area (Å²) < 4.78 is 0. The van der Waals surface area contributed by atoms with Gasteiger partial charge in [-0.05, 0) is 26.6 Å². The van der Waals surface area contributed by atoms with Gasteiger partial charge < -0.3 is 0 Å². The van der Waals surface area contributed by atoms with Crippen LogP contribution in [-0.2, 0) is 0 Å². The lowest BCUT2D eigenvalue weighted by Crippen LogP contribution is -2.04. The van der Waals surface area contributed by atoms with Crippen molar-refractivity contribution >= 4 is 28.6 Å². The van der Waals surface area contributed by atoms with E-state index < -0.39 is 0 Å². The minimum atomic E-state index is 0.585. The molecule has 0 saturated carbocycles. The Morgan fingerprint density at radius 2 is 1.41 bits per heavy atom. The number of benzene rings is 2. The predicted octanol–water partition coefficient (Wildman–Crippen LogP) is 5.63. The third-order valence-electron chi connectivity index (χ3n) is 2.76. The fourth-order valence-electron chi connectivity index (χ4n) is 1.92. The second-order valence-corrected chi connectivity index (χ2v) is 8.92. The SMILES string of the molecule is c1ccc(C2=PP=PC2c2ccccc2)cc1. The molecule has 0 radical (unpaired) electrons. The van der Waals surface area contributed by atoms with Gasteiger partial charge >= 0.3 is 0 Å². The van der Waals surface area contributed by atoms with Gasteiger partial charge in [0.1, 0.15) is 0 Å². The third-order valence-corrected chi connectivity index (χ3v) is 8.33. The van der Waals surface area contributed by atoms with E-state index in [0.29, 0.717) is 5.66 Å². The molecule has 0 N–H and O–H groups in total. The molecule has 3 heteroatoms. The second-order valence-electron chi connectivity index (χ2n) is 3.87. The lowest BCUT2D eigenvalue weighted by molar-refractivity contribution is 1.31. The van der Waals surface area contributed by atoms with Crippen LogP contribution in [0.3, 0.4) is 0 Å². The summed E-state index contributed by atoms with van der Waals surface area (Å²) in [5.74, 6) is 0. The van der Waals surface area contributed by atoms with Gasteiger partial charge in [-0.3, -0.25) is 0 Å². The standard InChI is InChI=1S/C14H11P3/c1-3-7-11(8-4-1)13-14(16-17-15-13)12-9-5-2-6-10-12/h1-10,13H. The Morgan fingerprint density at radius 1 is 0.765 bits per heavy atom.